The van der Waals surface area contributed by atoms with Gasteiger partial charge in [0.25, 0.3) is 0 Å². The molecule has 1 aromatic heterocycles. The number of ether oxygens (including phenoxy) is 1. The molecule has 0 amide bonds. The zero-order chi connectivity index (χ0) is 19.9. The normalized spacial score (nSPS) is 10.9. The molecular weight excluding hydrogens is 344 g/mol. The number of nitrogens with zero attached hydrogens (tertiary/aromatic N) is 2. The van der Waals surface area contributed by atoms with Crippen LogP contribution in [0, 0.1) is 0 Å². The van der Waals surface area contributed by atoms with E-state index in [1.807, 2.05) is 12.1 Å². The molecule has 0 aliphatic rings. The van der Waals surface area contributed by atoms with Crippen molar-refractivity contribution in [1.82, 2.24) is 10.2 Å². The van der Waals surface area contributed by atoms with Crippen LogP contribution in [0.5, 0.6) is 5.75 Å². The summed E-state index contributed by atoms with van der Waals surface area (Å²) in [4.78, 5) is 0. The molecule has 2 aromatic rings. The Hall–Kier alpha value is -1.90. The fourth-order valence-corrected chi connectivity index (χ4v) is 3.35. The molecule has 0 aliphatic heterocycles. The third-order valence-corrected chi connectivity index (χ3v) is 5.17. The lowest BCUT2D eigenvalue weighted by atomic mass is 10.1. The van der Waals surface area contributed by atoms with Crippen LogP contribution in [0.15, 0.2) is 36.4 Å². The van der Waals surface area contributed by atoms with Crippen molar-refractivity contribution in [2.75, 3.05) is 6.61 Å². The van der Waals surface area contributed by atoms with Gasteiger partial charge < -0.3 is 4.74 Å². The van der Waals surface area contributed by atoms with Crippen LogP contribution < -0.4 is 4.74 Å². The number of rotatable bonds is 15. The molecule has 0 fully saturated rings. The van der Waals surface area contributed by atoms with Gasteiger partial charge in [0.2, 0.25) is 0 Å². The lowest BCUT2D eigenvalue weighted by molar-refractivity contribution is 0.304. The number of aryl methyl sites for hydroxylation is 1. The maximum atomic E-state index is 5.86. The third kappa shape index (κ3) is 8.86. The van der Waals surface area contributed by atoms with Gasteiger partial charge in [-0.1, -0.05) is 71.6 Å². The molecule has 154 valence electrons. The summed E-state index contributed by atoms with van der Waals surface area (Å²) in [6, 6.07) is 12.4. The van der Waals surface area contributed by atoms with E-state index in [1.54, 1.807) is 0 Å². The van der Waals surface area contributed by atoms with Gasteiger partial charge in [0.15, 0.2) is 0 Å². The lowest BCUT2D eigenvalue weighted by Crippen LogP contribution is -1.98. The summed E-state index contributed by atoms with van der Waals surface area (Å²) in [5.74, 6) is 0.939. The molecule has 0 spiro atoms. The molecule has 2 rings (SSSR count). The molecule has 0 aliphatic carbocycles. The summed E-state index contributed by atoms with van der Waals surface area (Å²) in [6.45, 7) is 5.30. The highest BCUT2D eigenvalue weighted by molar-refractivity contribution is 5.59. The van der Waals surface area contributed by atoms with Gasteiger partial charge in [-0.05, 0) is 55.7 Å². The first-order valence-corrected chi connectivity index (χ1v) is 11.4. The molecular formula is C25H38N2O. The largest absolute Gasteiger partial charge is 0.494 e. The predicted molar refractivity (Wildman–Crippen MR) is 119 cm³/mol. The number of unbranched alkanes of at least 4 members (excludes halogenated alkanes) is 9. The van der Waals surface area contributed by atoms with Crippen molar-refractivity contribution in [2.24, 2.45) is 0 Å². The van der Waals surface area contributed by atoms with Crippen LogP contribution in [-0.4, -0.2) is 16.8 Å². The summed E-state index contributed by atoms with van der Waals surface area (Å²) in [5.41, 5.74) is 3.12. The molecule has 3 nitrogen and oxygen atoms in total. The zero-order valence-corrected chi connectivity index (χ0v) is 18.0. The Kier molecular flexibility index (Phi) is 11.3. The molecule has 0 N–H and O–H groups in total. The average molecular weight is 383 g/mol. The Labute approximate surface area is 171 Å². The molecule has 0 bridgehead atoms. The van der Waals surface area contributed by atoms with Gasteiger partial charge in [0.05, 0.1) is 18.0 Å². The fourth-order valence-electron chi connectivity index (χ4n) is 3.35. The molecule has 0 atom stereocenters. The molecule has 0 saturated heterocycles. The first kappa shape index (κ1) is 22.4. The number of aromatic nitrogens is 2. The van der Waals surface area contributed by atoms with Crippen molar-refractivity contribution in [1.29, 1.82) is 0 Å². The van der Waals surface area contributed by atoms with E-state index in [9.17, 15) is 0 Å². The number of hydrogen-bond donors (Lipinski definition) is 0. The van der Waals surface area contributed by atoms with Gasteiger partial charge in [-0.25, -0.2) is 0 Å². The number of hydrogen-bond acceptors (Lipinski definition) is 3. The summed E-state index contributed by atoms with van der Waals surface area (Å²) >= 11 is 0. The quantitative estimate of drug-likeness (QED) is 0.301. The Morgan fingerprint density at radius 2 is 1.29 bits per heavy atom. The van der Waals surface area contributed by atoms with E-state index < -0.39 is 0 Å². The second kappa shape index (κ2) is 14.1. The topological polar surface area (TPSA) is 35.0 Å². The van der Waals surface area contributed by atoms with Crippen LogP contribution in [-0.2, 0) is 6.42 Å². The summed E-state index contributed by atoms with van der Waals surface area (Å²) in [7, 11) is 0. The highest BCUT2D eigenvalue weighted by Gasteiger charge is 2.03. The average Bonchev–Trinajstić information content (AvgIpc) is 2.74. The van der Waals surface area contributed by atoms with E-state index >= 15 is 0 Å². The highest BCUT2D eigenvalue weighted by atomic mass is 16.5. The minimum absolute atomic E-state index is 0.804. The summed E-state index contributed by atoms with van der Waals surface area (Å²) in [5, 5.41) is 8.82. The monoisotopic (exact) mass is 382 g/mol. The first-order valence-electron chi connectivity index (χ1n) is 11.4. The Morgan fingerprint density at radius 3 is 1.93 bits per heavy atom. The third-order valence-electron chi connectivity index (χ3n) is 5.17. The lowest BCUT2D eigenvalue weighted by Gasteiger charge is -2.07. The van der Waals surface area contributed by atoms with Gasteiger partial charge in [-0.2, -0.15) is 10.2 Å². The van der Waals surface area contributed by atoms with E-state index in [0.29, 0.717) is 0 Å². The van der Waals surface area contributed by atoms with Crippen molar-refractivity contribution in [3.63, 3.8) is 0 Å². The van der Waals surface area contributed by atoms with Crippen molar-refractivity contribution in [3.05, 3.63) is 42.1 Å². The molecule has 3 heteroatoms. The van der Waals surface area contributed by atoms with Crippen molar-refractivity contribution in [3.8, 4) is 17.0 Å². The standard InChI is InChI=1S/C25H38N2O/c1-3-5-7-9-11-13-21-28-24-18-15-22(16-19-24)25-20-17-23(26-27-25)14-12-10-8-6-4-2/h15-20H,3-14,21H2,1-2H3. The minimum atomic E-state index is 0.804. The summed E-state index contributed by atoms with van der Waals surface area (Å²) < 4.78 is 5.86. The zero-order valence-electron chi connectivity index (χ0n) is 18.0. The van der Waals surface area contributed by atoms with Crippen molar-refractivity contribution >= 4 is 0 Å². The van der Waals surface area contributed by atoms with Crippen LogP contribution in [0.3, 0.4) is 0 Å². The maximum Gasteiger partial charge on any atom is 0.119 e. The number of benzene rings is 1. The van der Waals surface area contributed by atoms with Gasteiger partial charge in [-0.3, -0.25) is 0 Å². The van der Waals surface area contributed by atoms with Crippen molar-refractivity contribution < 1.29 is 4.74 Å². The Bertz CT molecular complexity index is 622. The second-order valence-electron chi connectivity index (χ2n) is 7.71. The van der Waals surface area contributed by atoms with Crippen LogP contribution in [0.25, 0.3) is 11.3 Å². The molecule has 1 heterocycles. The van der Waals surface area contributed by atoms with E-state index in [0.717, 1.165) is 42.1 Å². The molecule has 0 radical (unpaired) electrons. The molecule has 28 heavy (non-hydrogen) atoms. The first-order chi connectivity index (χ1) is 13.8. The van der Waals surface area contributed by atoms with Crippen LogP contribution in [0.2, 0.25) is 0 Å². The van der Waals surface area contributed by atoms with E-state index in [-0.39, 0.29) is 0 Å². The smallest absolute Gasteiger partial charge is 0.119 e. The Morgan fingerprint density at radius 1 is 0.643 bits per heavy atom. The van der Waals surface area contributed by atoms with Crippen LogP contribution >= 0.6 is 0 Å². The predicted octanol–water partition coefficient (Wildman–Crippen LogP) is 7.40. The fraction of sp³-hybridized carbons (Fsp3) is 0.600. The van der Waals surface area contributed by atoms with Gasteiger partial charge >= 0.3 is 0 Å². The molecule has 1 aromatic carbocycles. The van der Waals surface area contributed by atoms with Crippen LogP contribution in [0.4, 0.5) is 0 Å². The maximum absolute atomic E-state index is 5.86. The SMILES string of the molecule is CCCCCCCCOc1ccc(-c2ccc(CCCCCCC)nn2)cc1. The summed E-state index contributed by atoms with van der Waals surface area (Å²) in [6.07, 6.45) is 15.2. The van der Waals surface area contributed by atoms with Crippen molar-refractivity contribution in [2.45, 2.75) is 90.9 Å². The minimum Gasteiger partial charge on any atom is -0.494 e. The molecule has 0 unspecified atom stereocenters. The van der Waals surface area contributed by atoms with Gasteiger partial charge in [-0.15, -0.1) is 0 Å². The van der Waals surface area contributed by atoms with E-state index in [2.05, 4.69) is 48.3 Å². The molecule has 0 saturated carbocycles. The van der Waals surface area contributed by atoms with Gasteiger partial charge in [0, 0.05) is 5.56 Å². The van der Waals surface area contributed by atoms with Gasteiger partial charge in [0.1, 0.15) is 5.75 Å². The highest BCUT2D eigenvalue weighted by Crippen LogP contribution is 2.21. The Balaban J connectivity index is 1.70. The van der Waals surface area contributed by atoms with E-state index in [4.69, 9.17) is 4.74 Å². The second-order valence-corrected chi connectivity index (χ2v) is 7.71. The van der Waals surface area contributed by atoms with E-state index in [1.165, 1.54) is 64.2 Å². The van der Waals surface area contributed by atoms with Crippen LogP contribution in [0.1, 0.15) is 90.2 Å².